The second kappa shape index (κ2) is 5.20. The SMILES string of the molecule is CC(C)(NC(=O)c1ncnc2[nH]ccc12)c1cc(C(=O)O)n[nH]1. The van der Waals surface area contributed by atoms with E-state index in [9.17, 15) is 9.59 Å². The van der Waals surface area contributed by atoms with Crippen LogP contribution < -0.4 is 5.32 Å². The number of carbonyl (C=O) groups excluding carboxylic acids is 1. The molecule has 3 aromatic heterocycles. The molecule has 0 bridgehead atoms. The number of aromatic nitrogens is 5. The first-order valence-electron chi connectivity index (χ1n) is 6.78. The van der Waals surface area contributed by atoms with Crippen molar-refractivity contribution in [1.29, 1.82) is 0 Å². The van der Waals surface area contributed by atoms with Crippen LogP contribution in [0.1, 0.15) is 40.5 Å². The summed E-state index contributed by atoms with van der Waals surface area (Å²) >= 11 is 0. The van der Waals surface area contributed by atoms with Crippen molar-refractivity contribution < 1.29 is 14.7 Å². The molecule has 23 heavy (non-hydrogen) atoms. The molecule has 0 radical (unpaired) electrons. The molecule has 1 amide bonds. The lowest BCUT2D eigenvalue weighted by Crippen LogP contribution is -2.41. The molecule has 0 aliphatic heterocycles. The van der Waals surface area contributed by atoms with Gasteiger partial charge in [-0.15, -0.1) is 0 Å². The van der Waals surface area contributed by atoms with Crippen LogP contribution in [-0.4, -0.2) is 42.1 Å². The minimum atomic E-state index is -1.14. The zero-order valence-electron chi connectivity index (χ0n) is 12.4. The lowest BCUT2D eigenvalue weighted by molar-refractivity contribution is 0.0690. The topological polar surface area (TPSA) is 137 Å². The van der Waals surface area contributed by atoms with Crippen molar-refractivity contribution in [3.05, 3.63) is 41.7 Å². The standard InChI is InChI=1S/C14H14N6O3/c1-14(2,9-5-8(13(22)23)19-20-9)18-12(21)10-7-3-4-15-11(7)17-6-16-10/h3-6H,1-2H3,(H,18,21)(H,19,20)(H,22,23)(H,15,16,17). The fourth-order valence-electron chi connectivity index (χ4n) is 2.22. The number of H-pyrrole nitrogens is 2. The Morgan fingerprint density at radius 2 is 2.09 bits per heavy atom. The predicted octanol–water partition coefficient (Wildman–Crippen LogP) is 1.04. The maximum absolute atomic E-state index is 12.5. The van der Waals surface area contributed by atoms with E-state index in [0.29, 0.717) is 16.7 Å². The number of carboxylic acid groups (broad SMARTS) is 1. The van der Waals surface area contributed by atoms with E-state index in [-0.39, 0.29) is 11.4 Å². The number of carboxylic acids is 1. The van der Waals surface area contributed by atoms with E-state index in [1.807, 2.05) is 0 Å². The van der Waals surface area contributed by atoms with Crippen molar-refractivity contribution in [1.82, 2.24) is 30.5 Å². The monoisotopic (exact) mass is 314 g/mol. The molecule has 0 aromatic carbocycles. The van der Waals surface area contributed by atoms with Crippen LogP contribution in [0.25, 0.3) is 11.0 Å². The summed E-state index contributed by atoms with van der Waals surface area (Å²) in [5.74, 6) is -1.53. The van der Waals surface area contributed by atoms with E-state index in [1.165, 1.54) is 12.4 Å². The number of hydrogen-bond acceptors (Lipinski definition) is 5. The first-order valence-corrected chi connectivity index (χ1v) is 6.78. The highest BCUT2D eigenvalue weighted by molar-refractivity contribution is 6.03. The van der Waals surface area contributed by atoms with Gasteiger partial charge in [0.15, 0.2) is 5.69 Å². The number of nitrogens with zero attached hydrogens (tertiary/aromatic N) is 3. The molecule has 0 atom stereocenters. The molecule has 9 heteroatoms. The smallest absolute Gasteiger partial charge is 0.356 e. The Bertz CT molecular complexity index is 895. The summed E-state index contributed by atoms with van der Waals surface area (Å²) in [6.07, 6.45) is 2.98. The van der Waals surface area contributed by atoms with Gasteiger partial charge < -0.3 is 15.4 Å². The fourth-order valence-corrected chi connectivity index (χ4v) is 2.22. The average Bonchev–Trinajstić information content (AvgIpc) is 3.15. The summed E-state index contributed by atoms with van der Waals surface area (Å²) in [6, 6.07) is 3.10. The first kappa shape index (κ1) is 14.7. The van der Waals surface area contributed by atoms with Gasteiger partial charge >= 0.3 is 5.97 Å². The second-order valence-corrected chi connectivity index (χ2v) is 5.51. The zero-order chi connectivity index (χ0) is 16.6. The molecule has 0 fully saturated rings. The maximum atomic E-state index is 12.5. The van der Waals surface area contributed by atoms with Crippen LogP contribution in [-0.2, 0) is 5.54 Å². The van der Waals surface area contributed by atoms with Crippen LogP contribution in [0.4, 0.5) is 0 Å². The van der Waals surface area contributed by atoms with Gasteiger partial charge in [0.2, 0.25) is 0 Å². The molecule has 9 nitrogen and oxygen atoms in total. The third-order valence-electron chi connectivity index (χ3n) is 3.47. The van der Waals surface area contributed by atoms with Gasteiger partial charge in [-0.1, -0.05) is 0 Å². The van der Waals surface area contributed by atoms with Gasteiger partial charge in [-0.3, -0.25) is 9.89 Å². The summed E-state index contributed by atoms with van der Waals surface area (Å²) in [5, 5.41) is 18.7. The molecule has 0 saturated heterocycles. The van der Waals surface area contributed by atoms with Crippen molar-refractivity contribution >= 4 is 22.9 Å². The predicted molar refractivity (Wildman–Crippen MR) is 79.9 cm³/mol. The Kier molecular flexibility index (Phi) is 3.32. The highest BCUT2D eigenvalue weighted by Crippen LogP contribution is 2.20. The second-order valence-electron chi connectivity index (χ2n) is 5.51. The molecule has 0 spiro atoms. The van der Waals surface area contributed by atoms with Crippen LogP contribution in [0.5, 0.6) is 0 Å². The van der Waals surface area contributed by atoms with E-state index >= 15 is 0 Å². The molecule has 0 aliphatic rings. The number of carbonyl (C=O) groups is 2. The highest BCUT2D eigenvalue weighted by Gasteiger charge is 2.28. The number of rotatable bonds is 4. The van der Waals surface area contributed by atoms with Crippen molar-refractivity contribution in [2.24, 2.45) is 0 Å². The minimum absolute atomic E-state index is 0.114. The molecule has 3 rings (SSSR count). The number of aromatic carboxylic acids is 1. The summed E-state index contributed by atoms with van der Waals surface area (Å²) in [7, 11) is 0. The van der Waals surface area contributed by atoms with E-state index < -0.39 is 17.4 Å². The summed E-state index contributed by atoms with van der Waals surface area (Å²) in [4.78, 5) is 34.4. The number of fused-ring (bicyclic) bond motifs is 1. The van der Waals surface area contributed by atoms with Gasteiger partial charge in [-0.05, 0) is 26.0 Å². The van der Waals surface area contributed by atoms with E-state index in [4.69, 9.17) is 5.11 Å². The third-order valence-corrected chi connectivity index (χ3v) is 3.47. The normalized spacial score (nSPS) is 11.6. The summed E-state index contributed by atoms with van der Waals surface area (Å²) in [5.41, 5.74) is 0.311. The minimum Gasteiger partial charge on any atom is -0.476 e. The Morgan fingerprint density at radius 3 is 2.78 bits per heavy atom. The quantitative estimate of drug-likeness (QED) is 0.568. The van der Waals surface area contributed by atoms with Gasteiger partial charge in [0.05, 0.1) is 16.6 Å². The van der Waals surface area contributed by atoms with E-state index in [1.54, 1.807) is 26.1 Å². The van der Waals surface area contributed by atoms with Gasteiger partial charge in [0.25, 0.3) is 5.91 Å². The summed E-state index contributed by atoms with van der Waals surface area (Å²) in [6.45, 7) is 3.47. The van der Waals surface area contributed by atoms with Crippen molar-refractivity contribution in [3.8, 4) is 0 Å². The fraction of sp³-hybridized carbons (Fsp3) is 0.214. The molecule has 0 unspecified atom stereocenters. The molecule has 3 heterocycles. The van der Waals surface area contributed by atoms with Crippen molar-refractivity contribution in [2.75, 3.05) is 0 Å². The van der Waals surface area contributed by atoms with Crippen molar-refractivity contribution in [3.63, 3.8) is 0 Å². The molecule has 118 valence electrons. The number of nitrogens with one attached hydrogen (secondary N) is 3. The first-order chi connectivity index (χ1) is 10.9. The van der Waals surface area contributed by atoms with E-state index in [2.05, 4.69) is 30.5 Å². The Labute approximate surface area is 130 Å². The Hall–Kier alpha value is -3.23. The van der Waals surface area contributed by atoms with Crippen LogP contribution in [0.3, 0.4) is 0 Å². The average molecular weight is 314 g/mol. The molecule has 0 aliphatic carbocycles. The zero-order valence-corrected chi connectivity index (χ0v) is 12.4. The molecule has 3 aromatic rings. The van der Waals surface area contributed by atoms with Gasteiger partial charge in [0, 0.05) is 6.20 Å². The largest absolute Gasteiger partial charge is 0.476 e. The maximum Gasteiger partial charge on any atom is 0.356 e. The Morgan fingerprint density at radius 1 is 1.30 bits per heavy atom. The van der Waals surface area contributed by atoms with Gasteiger partial charge in [-0.25, -0.2) is 14.8 Å². The molecule has 4 N–H and O–H groups in total. The number of hydrogen-bond donors (Lipinski definition) is 4. The van der Waals surface area contributed by atoms with Crippen LogP contribution in [0.2, 0.25) is 0 Å². The molecular formula is C14H14N6O3. The Balaban J connectivity index is 1.88. The summed E-state index contributed by atoms with van der Waals surface area (Å²) < 4.78 is 0. The lowest BCUT2D eigenvalue weighted by Gasteiger charge is -2.24. The molecular weight excluding hydrogens is 300 g/mol. The van der Waals surface area contributed by atoms with Crippen LogP contribution >= 0.6 is 0 Å². The molecule has 0 saturated carbocycles. The van der Waals surface area contributed by atoms with Crippen LogP contribution in [0.15, 0.2) is 24.7 Å². The third kappa shape index (κ3) is 2.63. The van der Waals surface area contributed by atoms with Crippen molar-refractivity contribution in [2.45, 2.75) is 19.4 Å². The van der Waals surface area contributed by atoms with Gasteiger partial charge in [-0.2, -0.15) is 5.10 Å². The number of amides is 1. The van der Waals surface area contributed by atoms with E-state index in [0.717, 1.165) is 0 Å². The lowest BCUT2D eigenvalue weighted by atomic mass is 10.00. The van der Waals surface area contributed by atoms with Crippen LogP contribution in [0, 0.1) is 0 Å². The van der Waals surface area contributed by atoms with Gasteiger partial charge in [0.1, 0.15) is 17.7 Å². The number of aromatic amines is 2. The highest BCUT2D eigenvalue weighted by atomic mass is 16.4.